The van der Waals surface area contributed by atoms with Gasteiger partial charge in [-0.15, -0.1) is 0 Å². The molecule has 0 N–H and O–H groups in total. The van der Waals surface area contributed by atoms with Crippen LogP contribution in [0.15, 0.2) is 48.5 Å². The van der Waals surface area contributed by atoms with Gasteiger partial charge in [0.1, 0.15) is 0 Å². The van der Waals surface area contributed by atoms with Gasteiger partial charge in [0.2, 0.25) is 5.82 Å². The van der Waals surface area contributed by atoms with Crippen LogP contribution in [0.2, 0.25) is 0 Å². The highest BCUT2D eigenvalue weighted by Gasteiger charge is 2.27. The Labute approximate surface area is 209 Å². The third-order valence-electron chi connectivity index (χ3n) is 7.24. The Morgan fingerprint density at radius 1 is 0.806 bits per heavy atom. The molecule has 0 saturated heterocycles. The Balaban J connectivity index is 1.46. The van der Waals surface area contributed by atoms with Crippen molar-refractivity contribution in [1.82, 2.24) is 0 Å². The van der Waals surface area contributed by atoms with Gasteiger partial charge in [-0.05, 0) is 78.8 Å². The first-order valence-electron chi connectivity index (χ1n) is 12.6. The molecule has 190 valence electrons. The summed E-state index contributed by atoms with van der Waals surface area (Å²) in [7, 11) is 0. The predicted octanol–water partition coefficient (Wildman–Crippen LogP) is 8.77. The summed E-state index contributed by atoms with van der Waals surface area (Å²) in [5.74, 6) is -4.74. The molecule has 3 aromatic rings. The molecule has 0 aromatic heterocycles. The molecule has 2 nitrogen and oxygen atoms in total. The number of esters is 1. The van der Waals surface area contributed by atoms with E-state index in [-0.39, 0.29) is 22.6 Å². The number of hydrogen-bond acceptors (Lipinski definition) is 2. The molecule has 6 heteroatoms. The van der Waals surface area contributed by atoms with Crippen LogP contribution in [-0.2, 0) is 6.42 Å². The molecule has 1 aliphatic carbocycles. The Morgan fingerprint density at radius 2 is 1.50 bits per heavy atom. The summed E-state index contributed by atoms with van der Waals surface area (Å²) in [5, 5.41) is 0. The molecule has 0 spiro atoms. The number of carbonyl (C=O) groups is 1. The highest BCUT2D eigenvalue weighted by molar-refractivity contribution is 5.91. The van der Waals surface area contributed by atoms with Crippen molar-refractivity contribution >= 4 is 5.97 Å². The van der Waals surface area contributed by atoms with Crippen molar-refractivity contribution in [2.24, 2.45) is 5.92 Å². The van der Waals surface area contributed by atoms with E-state index in [1.54, 1.807) is 6.92 Å². The number of ether oxygens (including phenoxy) is 1. The van der Waals surface area contributed by atoms with E-state index in [2.05, 4.69) is 6.92 Å². The average molecular weight is 499 g/mol. The molecule has 36 heavy (non-hydrogen) atoms. The number of carbonyl (C=O) groups excluding carboxylic acids is 1. The number of halogens is 4. The summed E-state index contributed by atoms with van der Waals surface area (Å²) >= 11 is 0. The lowest BCUT2D eigenvalue weighted by molar-refractivity contribution is 0.0726. The topological polar surface area (TPSA) is 26.3 Å². The van der Waals surface area contributed by atoms with Gasteiger partial charge in [0, 0.05) is 5.56 Å². The zero-order valence-corrected chi connectivity index (χ0v) is 20.6. The lowest BCUT2D eigenvalue weighted by Crippen LogP contribution is -2.15. The Hall–Kier alpha value is -3.15. The van der Waals surface area contributed by atoms with Crippen molar-refractivity contribution in [2.75, 3.05) is 0 Å². The van der Waals surface area contributed by atoms with E-state index in [9.17, 15) is 22.4 Å². The summed E-state index contributed by atoms with van der Waals surface area (Å²) in [5.41, 5.74) is 1.12. The van der Waals surface area contributed by atoms with Gasteiger partial charge in [0.15, 0.2) is 23.2 Å². The second kappa shape index (κ2) is 11.3. The van der Waals surface area contributed by atoms with Crippen molar-refractivity contribution in [2.45, 2.75) is 64.7 Å². The molecule has 3 aromatic carbocycles. The zero-order valence-electron chi connectivity index (χ0n) is 20.6. The number of aryl methyl sites for hydroxylation is 1. The van der Waals surface area contributed by atoms with Gasteiger partial charge in [0.05, 0.1) is 5.56 Å². The monoisotopic (exact) mass is 498 g/mol. The van der Waals surface area contributed by atoms with Crippen molar-refractivity contribution in [1.29, 1.82) is 0 Å². The van der Waals surface area contributed by atoms with Gasteiger partial charge in [-0.1, -0.05) is 57.0 Å². The van der Waals surface area contributed by atoms with E-state index in [0.29, 0.717) is 23.5 Å². The average Bonchev–Trinajstić information content (AvgIpc) is 2.89. The molecule has 0 heterocycles. The second-order valence-electron chi connectivity index (χ2n) is 9.51. The van der Waals surface area contributed by atoms with Crippen molar-refractivity contribution in [3.63, 3.8) is 0 Å². The van der Waals surface area contributed by atoms with Crippen LogP contribution in [0.3, 0.4) is 0 Å². The van der Waals surface area contributed by atoms with Crippen molar-refractivity contribution in [3.05, 3.63) is 88.5 Å². The summed E-state index contributed by atoms with van der Waals surface area (Å²) in [6.07, 6.45) is 6.30. The summed E-state index contributed by atoms with van der Waals surface area (Å²) in [6, 6.07) is 11.5. The molecule has 0 bridgehead atoms. The van der Waals surface area contributed by atoms with Crippen LogP contribution in [0.25, 0.3) is 11.1 Å². The molecular weight excluding hydrogens is 468 g/mol. The third-order valence-corrected chi connectivity index (χ3v) is 7.24. The number of rotatable bonds is 7. The zero-order chi connectivity index (χ0) is 25.8. The van der Waals surface area contributed by atoms with E-state index >= 15 is 0 Å². The van der Waals surface area contributed by atoms with Gasteiger partial charge in [-0.2, -0.15) is 4.39 Å². The molecule has 0 atom stereocenters. The fourth-order valence-electron chi connectivity index (χ4n) is 5.14. The molecule has 0 amide bonds. The van der Waals surface area contributed by atoms with Gasteiger partial charge < -0.3 is 4.74 Å². The quantitative estimate of drug-likeness (QED) is 0.185. The Bertz CT molecular complexity index is 1230. The highest BCUT2D eigenvalue weighted by Crippen LogP contribution is 2.40. The maximum Gasteiger partial charge on any atom is 0.343 e. The van der Waals surface area contributed by atoms with Crippen LogP contribution >= 0.6 is 0 Å². The minimum absolute atomic E-state index is 0.0403. The number of benzene rings is 3. The van der Waals surface area contributed by atoms with Crippen LogP contribution in [0, 0.1) is 29.2 Å². The van der Waals surface area contributed by atoms with Crippen LogP contribution in [-0.4, -0.2) is 5.97 Å². The van der Waals surface area contributed by atoms with Gasteiger partial charge >= 0.3 is 5.97 Å². The second-order valence-corrected chi connectivity index (χ2v) is 9.51. The third kappa shape index (κ3) is 5.32. The molecule has 1 fully saturated rings. The maximum atomic E-state index is 14.9. The molecule has 1 saturated carbocycles. The molecule has 0 unspecified atom stereocenters. The predicted molar refractivity (Wildman–Crippen MR) is 132 cm³/mol. The largest absolute Gasteiger partial charge is 0.420 e. The van der Waals surface area contributed by atoms with E-state index in [4.69, 9.17) is 4.74 Å². The molecule has 4 rings (SSSR count). The van der Waals surface area contributed by atoms with Crippen LogP contribution in [0.5, 0.6) is 5.75 Å². The molecular formula is C30H30F4O2. The minimum Gasteiger partial charge on any atom is -0.420 e. The smallest absolute Gasteiger partial charge is 0.343 e. The van der Waals surface area contributed by atoms with Gasteiger partial charge in [-0.3, -0.25) is 0 Å². The summed E-state index contributed by atoms with van der Waals surface area (Å²) in [4.78, 5) is 12.6. The van der Waals surface area contributed by atoms with Crippen molar-refractivity contribution in [3.8, 4) is 16.9 Å². The van der Waals surface area contributed by atoms with E-state index in [1.807, 2.05) is 0 Å². The fourth-order valence-corrected chi connectivity index (χ4v) is 5.14. The summed E-state index contributed by atoms with van der Waals surface area (Å²) in [6.45, 7) is 3.89. The molecule has 0 aliphatic heterocycles. The normalized spacial score (nSPS) is 17.7. The Morgan fingerprint density at radius 3 is 2.14 bits per heavy atom. The van der Waals surface area contributed by atoms with Crippen LogP contribution in [0.4, 0.5) is 17.6 Å². The maximum absolute atomic E-state index is 14.9. The highest BCUT2D eigenvalue weighted by atomic mass is 19.2. The standard InChI is InChI=1S/C30H30F4O2/c1-3-5-18-6-8-20(9-7-18)24-16-17-25(29(34)28(24)33)36-30(35)22-12-10-21(11-13-22)23-15-14-19(4-2)26(31)27(23)32/h10-18,20H,3-9H2,1-2H3. The lowest BCUT2D eigenvalue weighted by atomic mass is 9.77. The first kappa shape index (κ1) is 25.9. The lowest BCUT2D eigenvalue weighted by Gasteiger charge is -2.29. The summed E-state index contributed by atoms with van der Waals surface area (Å²) < 4.78 is 63.4. The molecule has 1 aliphatic rings. The molecule has 0 radical (unpaired) electrons. The fraction of sp³-hybridized carbons (Fsp3) is 0.367. The number of hydrogen-bond donors (Lipinski definition) is 0. The SMILES string of the molecule is CCCC1CCC(c2ccc(OC(=O)c3ccc(-c4ccc(CC)c(F)c4F)cc3)c(F)c2F)CC1. The van der Waals surface area contributed by atoms with Crippen molar-refractivity contribution < 1.29 is 27.1 Å². The van der Waals surface area contributed by atoms with E-state index in [1.165, 1.54) is 48.5 Å². The first-order valence-corrected chi connectivity index (χ1v) is 12.6. The van der Waals surface area contributed by atoms with Crippen LogP contribution in [0.1, 0.15) is 79.8 Å². The van der Waals surface area contributed by atoms with E-state index < -0.39 is 35.0 Å². The first-order chi connectivity index (χ1) is 17.3. The Kier molecular flexibility index (Phi) is 8.12. The minimum atomic E-state index is -1.18. The van der Waals surface area contributed by atoms with Crippen LogP contribution < -0.4 is 4.74 Å². The van der Waals surface area contributed by atoms with Gasteiger partial charge in [0.25, 0.3) is 0 Å². The van der Waals surface area contributed by atoms with E-state index in [0.717, 1.165) is 38.5 Å². The van der Waals surface area contributed by atoms with Gasteiger partial charge in [-0.25, -0.2) is 18.0 Å².